The minimum atomic E-state index is -4.36. The first-order valence-electron chi connectivity index (χ1n) is 7.53. The van der Waals surface area contributed by atoms with Crippen LogP contribution in [0.15, 0.2) is 12.4 Å². The monoisotopic (exact) mass is 383 g/mol. The third kappa shape index (κ3) is 5.59. The van der Waals surface area contributed by atoms with Crippen molar-refractivity contribution >= 4 is 16.1 Å². The van der Waals surface area contributed by atoms with E-state index in [1.165, 1.54) is 21.6 Å². The maximum Gasteiger partial charge on any atom is 0.408 e. The molecular weight excluding hydrogens is 363 g/mol. The van der Waals surface area contributed by atoms with Gasteiger partial charge in [0.15, 0.2) is 0 Å². The van der Waals surface area contributed by atoms with Crippen LogP contribution in [-0.2, 0) is 23.1 Å². The molecule has 2 rings (SSSR count). The number of hydrogen-bond acceptors (Lipinski definition) is 4. The van der Waals surface area contributed by atoms with Gasteiger partial charge in [0.25, 0.3) is 0 Å². The zero-order chi connectivity index (χ0) is 18.8. The van der Waals surface area contributed by atoms with Gasteiger partial charge in [-0.25, -0.2) is 13.2 Å². The maximum atomic E-state index is 12.3. The Hall–Kier alpha value is -1.82. The summed E-state index contributed by atoms with van der Waals surface area (Å²) in [6.45, 7) is 1.25. The average molecular weight is 383 g/mol. The Bertz CT molecular complexity index is 719. The Morgan fingerprint density at radius 2 is 2.08 bits per heavy atom. The molecule has 25 heavy (non-hydrogen) atoms. The topological polar surface area (TPSA) is 87.5 Å². The molecule has 0 bridgehead atoms. The maximum absolute atomic E-state index is 12.3. The normalized spacial score (nSPS) is 19.9. The molecule has 0 aliphatic carbocycles. The lowest BCUT2D eigenvalue weighted by Gasteiger charge is -2.38. The highest BCUT2D eigenvalue weighted by Crippen LogP contribution is 2.17. The van der Waals surface area contributed by atoms with Crippen LogP contribution in [0.3, 0.4) is 0 Å². The number of carbonyl (C=O) groups is 1. The number of halogens is 3. The number of amides is 2. The van der Waals surface area contributed by atoms with Crippen LogP contribution in [0, 0.1) is 0 Å². The first kappa shape index (κ1) is 19.5. The number of carbonyl (C=O) groups excluding carboxylic acids is 1. The van der Waals surface area contributed by atoms with E-state index in [9.17, 15) is 26.4 Å². The minimum Gasteiger partial charge on any atom is -0.334 e. The van der Waals surface area contributed by atoms with Gasteiger partial charge in [-0.05, 0) is 6.92 Å². The van der Waals surface area contributed by atoms with E-state index in [0.29, 0.717) is 5.56 Å². The highest BCUT2D eigenvalue weighted by Gasteiger charge is 2.32. The summed E-state index contributed by atoms with van der Waals surface area (Å²) in [7, 11) is -3.32. The van der Waals surface area contributed by atoms with Crippen molar-refractivity contribution in [3.63, 3.8) is 0 Å². The molecule has 0 aromatic carbocycles. The summed E-state index contributed by atoms with van der Waals surface area (Å²) in [5, 5.41) is 6.20. The predicted molar refractivity (Wildman–Crippen MR) is 83.1 cm³/mol. The smallest absolute Gasteiger partial charge is 0.334 e. The highest BCUT2D eigenvalue weighted by atomic mass is 32.2. The minimum absolute atomic E-state index is 0.0390. The lowest BCUT2D eigenvalue weighted by atomic mass is 10.2. The zero-order valence-corrected chi connectivity index (χ0v) is 14.6. The van der Waals surface area contributed by atoms with E-state index in [1.54, 1.807) is 6.92 Å². The van der Waals surface area contributed by atoms with Gasteiger partial charge in [-0.3, -0.25) is 4.68 Å². The van der Waals surface area contributed by atoms with E-state index in [0.717, 1.165) is 10.9 Å². The van der Waals surface area contributed by atoms with Crippen LogP contribution in [0.5, 0.6) is 0 Å². The van der Waals surface area contributed by atoms with Gasteiger partial charge in [-0.2, -0.15) is 22.6 Å². The Morgan fingerprint density at radius 3 is 2.64 bits per heavy atom. The van der Waals surface area contributed by atoms with Crippen molar-refractivity contribution in [1.82, 2.24) is 24.3 Å². The fourth-order valence-corrected chi connectivity index (χ4v) is 3.81. The number of piperazine rings is 1. The highest BCUT2D eigenvalue weighted by molar-refractivity contribution is 7.88. The lowest BCUT2D eigenvalue weighted by molar-refractivity contribution is -0.142. The van der Waals surface area contributed by atoms with E-state index in [2.05, 4.69) is 10.4 Å². The average Bonchev–Trinajstić information content (AvgIpc) is 2.88. The molecule has 1 saturated heterocycles. The van der Waals surface area contributed by atoms with Gasteiger partial charge in [0.2, 0.25) is 10.0 Å². The molecular formula is C13H20F3N5O3S. The second-order valence-corrected chi connectivity index (χ2v) is 7.92. The van der Waals surface area contributed by atoms with Gasteiger partial charge in [-0.15, -0.1) is 0 Å². The first-order valence-corrected chi connectivity index (χ1v) is 9.38. The molecule has 0 radical (unpaired) electrons. The molecule has 1 N–H and O–H groups in total. The van der Waals surface area contributed by atoms with Crippen LogP contribution >= 0.6 is 0 Å². The van der Waals surface area contributed by atoms with Crippen LogP contribution in [0.25, 0.3) is 0 Å². The molecule has 2 heterocycles. The van der Waals surface area contributed by atoms with Crippen LogP contribution in [0.4, 0.5) is 18.0 Å². The van der Waals surface area contributed by atoms with Crippen LogP contribution in [0.1, 0.15) is 12.5 Å². The van der Waals surface area contributed by atoms with Gasteiger partial charge in [0, 0.05) is 44.0 Å². The standard InChI is InChI=1S/C13H20F3N5O3S/c1-10-7-19(3-4-21(10)25(2,23)24)12(22)17-5-11-6-18-20(8-11)9-13(14,15)16/h6,8,10H,3-5,7,9H2,1-2H3,(H,17,22)/t10-/m1/s1. The molecule has 12 heteroatoms. The van der Waals surface area contributed by atoms with E-state index in [-0.39, 0.29) is 32.2 Å². The van der Waals surface area contributed by atoms with Crippen molar-refractivity contribution in [1.29, 1.82) is 0 Å². The Balaban J connectivity index is 1.85. The third-order valence-electron chi connectivity index (χ3n) is 3.75. The van der Waals surface area contributed by atoms with E-state index >= 15 is 0 Å². The lowest BCUT2D eigenvalue weighted by Crippen LogP contribution is -2.56. The largest absolute Gasteiger partial charge is 0.408 e. The quantitative estimate of drug-likeness (QED) is 0.826. The summed E-state index contributed by atoms with van der Waals surface area (Å²) in [4.78, 5) is 13.6. The molecule has 1 aliphatic heterocycles. The van der Waals surface area contributed by atoms with E-state index in [1.807, 2.05) is 0 Å². The second kappa shape index (κ2) is 7.20. The van der Waals surface area contributed by atoms with Gasteiger partial charge in [-0.1, -0.05) is 0 Å². The predicted octanol–water partition coefficient (Wildman–Crippen LogP) is 0.621. The number of urea groups is 1. The van der Waals surface area contributed by atoms with Crippen molar-refractivity contribution in [2.24, 2.45) is 0 Å². The van der Waals surface area contributed by atoms with Crippen molar-refractivity contribution < 1.29 is 26.4 Å². The fourth-order valence-electron chi connectivity index (χ4n) is 2.68. The zero-order valence-electron chi connectivity index (χ0n) is 13.8. The third-order valence-corrected chi connectivity index (χ3v) is 5.15. The van der Waals surface area contributed by atoms with E-state index in [4.69, 9.17) is 0 Å². The Morgan fingerprint density at radius 1 is 1.40 bits per heavy atom. The van der Waals surface area contributed by atoms with Crippen LogP contribution in [-0.4, -0.2) is 71.5 Å². The van der Waals surface area contributed by atoms with Gasteiger partial charge >= 0.3 is 12.2 Å². The first-order chi connectivity index (χ1) is 11.5. The van der Waals surface area contributed by atoms with Crippen LogP contribution < -0.4 is 5.32 Å². The second-order valence-electron chi connectivity index (χ2n) is 5.99. The summed E-state index contributed by atoms with van der Waals surface area (Å²) in [6.07, 6.45) is -0.756. The summed E-state index contributed by atoms with van der Waals surface area (Å²) >= 11 is 0. The molecule has 1 aromatic heterocycles. The molecule has 1 atom stereocenters. The summed E-state index contributed by atoms with van der Waals surface area (Å²) in [6, 6.07) is -0.743. The fraction of sp³-hybridized carbons (Fsp3) is 0.692. The molecule has 0 spiro atoms. The van der Waals surface area contributed by atoms with E-state index < -0.39 is 28.8 Å². The number of alkyl halides is 3. The van der Waals surface area contributed by atoms with Crippen molar-refractivity contribution in [2.75, 3.05) is 25.9 Å². The number of hydrogen-bond donors (Lipinski definition) is 1. The summed E-state index contributed by atoms with van der Waals surface area (Å²) in [5.74, 6) is 0. The SMILES string of the molecule is C[C@@H]1CN(C(=O)NCc2cnn(CC(F)(F)F)c2)CCN1S(C)(=O)=O. The molecule has 8 nitrogen and oxygen atoms in total. The number of aromatic nitrogens is 2. The molecule has 2 amide bonds. The Labute approximate surface area is 143 Å². The number of sulfonamides is 1. The molecule has 0 saturated carbocycles. The van der Waals surface area contributed by atoms with Crippen molar-refractivity contribution in [2.45, 2.75) is 32.2 Å². The van der Waals surface area contributed by atoms with Crippen molar-refractivity contribution in [3.05, 3.63) is 18.0 Å². The van der Waals surface area contributed by atoms with Crippen LogP contribution in [0.2, 0.25) is 0 Å². The summed E-state index contributed by atoms with van der Waals surface area (Å²) in [5.41, 5.74) is 0.445. The molecule has 1 fully saturated rings. The van der Waals surface area contributed by atoms with Crippen molar-refractivity contribution in [3.8, 4) is 0 Å². The van der Waals surface area contributed by atoms with Gasteiger partial charge in [0.1, 0.15) is 6.54 Å². The Kier molecular flexibility index (Phi) is 5.62. The molecule has 1 aromatic rings. The number of nitrogens with zero attached hydrogens (tertiary/aromatic N) is 4. The van der Waals surface area contributed by atoms with Gasteiger partial charge in [0.05, 0.1) is 12.5 Å². The number of nitrogens with one attached hydrogen (secondary N) is 1. The molecule has 0 unspecified atom stereocenters. The molecule has 142 valence electrons. The van der Waals surface area contributed by atoms with Gasteiger partial charge < -0.3 is 10.2 Å². The molecule has 1 aliphatic rings. The summed E-state index contributed by atoms with van der Waals surface area (Å²) < 4.78 is 62.1. The number of rotatable bonds is 4.